The number of ether oxygens (including phenoxy) is 1. The van der Waals surface area contributed by atoms with Crippen molar-refractivity contribution in [2.24, 2.45) is 35.5 Å². The van der Waals surface area contributed by atoms with Gasteiger partial charge in [-0.2, -0.15) is 0 Å². The van der Waals surface area contributed by atoms with Crippen molar-refractivity contribution < 1.29 is 9.53 Å². The Labute approximate surface area is 90.7 Å². The van der Waals surface area contributed by atoms with Gasteiger partial charge < -0.3 is 4.74 Å². The monoisotopic (exact) mass is 206 g/mol. The highest BCUT2D eigenvalue weighted by Gasteiger charge is 2.60. The predicted molar refractivity (Wildman–Crippen MR) is 56.8 cm³/mol. The molecule has 1 heterocycles. The van der Waals surface area contributed by atoms with Gasteiger partial charge in [-0.15, -0.1) is 0 Å². The molecule has 3 aliphatic rings. The first kappa shape index (κ1) is 9.44. The average Bonchev–Trinajstić information content (AvgIpc) is 2.77. The number of allylic oxidation sites excluding steroid dienone is 1. The van der Waals surface area contributed by atoms with Gasteiger partial charge in [0.2, 0.25) is 0 Å². The summed E-state index contributed by atoms with van der Waals surface area (Å²) >= 11 is 0. The number of fused-ring (bicyclic) bond motifs is 5. The molecule has 1 aliphatic heterocycles. The third kappa shape index (κ3) is 1.08. The van der Waals surface area contributed by atoms with Crippen LogP contribution in [0.15, 0.2) is 12.3 Å². The maximum atomic E-state index is 11.6. The second-order valence-corrected chi connectivity index (χ2v) is 5.74. The zero-order valence-corrected chi connectivity index (χ0v) is 9.40. The van der Waals surface area contributed by atoms with E-state index in [0.29, 0.717) is 17.8 Å². The van der Waals surface area contributed by atoms with Crippen LogP contribution in [0.25, 0.3) is 0 Å². The molecule has 0 spiro atoms. The summed E-state index contributed by atoms with van der Waals surface area (Å²) in [5, 5.41) is 0. The lowest BCUT2D eigenvalue weighted by atomic mass is 9.71. The second-order valence-electron chi connectivity index (χ2n) is 5.74. The Hall–Kier alpha value is -0.790. The summed E-state index contributed by atoms with van der Waals surface area (Å²) in [6, 6.07) is 0. The van der Waals surface area contributed by atoms with Gasteiger partial charge in [-0.1, -0.05) is 20.4 Å². The molecule has 0 amide bonds. The number of carbonyl (C=O) groups excluding carboxylic acids is 1. The number of hydrogen-bond donors (Lipinski definition) is 0. The highest BCUT2D eigenvalue weighted by atomic mass is 16.5. The Kier molecular flexibility index (Phi) is 1.80. The van der Waals surface area contributed by atoms with Crippen LogP contribution in [0.2, 0.25) is 0 Å². The molecule has 0 N–H and O–H groups in total. The van der Waals surface area contributed by atoms with Crippen LogP contribution in [-0.2, 0) is 9.53 Å². The maximum Gasteiger partial charge on any atom is 0.315 e. The fraction of sp³-hybridized carbons (Fsp3) is 0.769. The van der Waals surface area contributed by atoms with E-state index >= 15 is 0 Å². The average molecular weight is 206 g/mol. The normalized spacial score (nSPS) is 47.5. The van der Waals surface area contributed by atoms with Crippen molar-refractivity contribution in [3.8, 4) is 0 Å². The van der Waals surface area contributed by atoms with Crippen LogP contribution in [0.4, 0.5) is 0 Å². The summed E-state index contributed by atoms with van der Waals surface area (Å²) in [5.74, 6) is 4.02. The predicted octanol–water partition coefficient (Wildman–Crippen LogP) is 2.60. The van der Waals surface area contributed by atoms with Crippen molar-refractivity contribution in [3.63, 3.8) is 0 Å². The van der Waals surface area contributed by atoms with E-state index in [2.05, 4.69) is 20.4 Å². The molecule has 2 heteroatoms. The van der Waals surface area contributed by atoms with Gasteiger partial charge in [0.15, 0.2) is 0 Å². The molecule has 15 heavy (non-hydrogen) atoms. The molecule has 1 saturated heterocycles. The van der Waals surface area contributed by atoms with Crippen molar-refractivity contribution in [2.45, 2.75) is 26.7 Å². The zero-order chi connectivity index (χ0) is 10.7. The molecule has 5 atom stereocenters. The number of carbonyl (C=O) groups is 1. The van der Waals surface area contributed by atoms with Gasteiger partial charge in [0.25, 0.3) is 0 Å². The van der Waals surface area contributed by atoms with E-state index in [-0.39, 0.29) is 11.9 Å². The van der Waals surface area contributed by atoms with Crippen LogP contribution in [0.1, 0.15) is 26.7 Å². The third-order valence-electron chi connectivity index (χ3n) is 4.79. The van der Waals surface area contributed by atoms with Crippen LogP contribution in [0.5, 0.6) is 0 Å². The fourth-order valence-corrected chi connectivity index (χ4v) is 4.22. The summed E-state index contributed by atoms with van der Waals surface area (Å²) in [4.78, 5) is 11.6. The second kappa shape index (κ2) is 2.87. The van der Waals surface area contributed by atoms with E-state index in [0.717, 1.165) is 17.6 Å². The Morgan fingerprint density at radius 1 is 1.33 bits per heavy atom. The van der Waals surface area contributed by atoms with Crippen molar-refractivity contribution in [2.75, 3.05) is 0 Å². The Bertz CT molecular complexity index is 331. The van der Waals surface area contributed by atoms with E-state index in [1.54, 1.807) is 0 Å². The quantitative estimate of drug-likeness (QED) is 0.616. The zero-order valence-electron chi connectivity index (χ0n) is 9.40. The molecule has 82 valence electrons. The number of esters is 1. The van der Waals surface area contributed by atoms with Crippen molar-refractivity contribution in [3.05, 3.63) is 12.3 Å². The first-order valence-corrected chi connectivity index (χ1v) is 6.00. The summed E-state index contributed by atoms with van der Waals surface area (Å²) in [6.07, 6.45) is 2.46. The lowest BCUT2D eigenvalue weighted by Crippen LogP contribution is -2.30. The van der Waals surface area contributed by atoms with E-state index < -0.39 is 0 Å². The van der Waals surface area contributed by atoms with Crippen molar-refractivity contribution in [1.82, 2.24) is 0 Å². The van der Waals surface area contributed by atoms with Gasteiger partial charge in [0.05, 0.1) is 5.92 Å². The van der Waals surface area contributed by atoms with Gasteiger partial charge in [-0.05, 0) is 36.5 Å². The minimum atomic E-state index is -0.000272. The van der Waals surface area contributed by atoms with Gasteiger partial charge in [0, 0.05) is 5.92 Å². The van der Waals surface area contributed by atoms with Gasteiger partial charge in [0.1, 0.15) is 5.76 Å². The van der Waals surface area contributed by atoms with E-state index in [1.165, 1.54) is 12.8 Å². The molecular formula is C13H18O2. The lowest BCUT2D eigenvalue weighted by molar-refractivity contribution is -0.140. The van der Waals surface area contributed by atoms with Crippen LogP contribution in [-0.4, -0.2) is 5.97 Å². The molecule has 0 aromatic rings. The lowest BCUT2D eigenvalue weighted by Gasteiger charge is -2.31. The van der Waals surface area contributed by atoms with Crippen LogP contribution < -0.4 is 0 Å². The molecule has 0 radical (unpaired) electrons. The summed E-state index contributed by atoms with van der Waals surface area (Å²) < 4.78 is 5.20. The van der Waals surface area contributed by atoms with Gasteiger partial charge in [-0.25, -0.2) is 0 Å². The molecule has 2 bridgehead atoms. The van der Waals surface area contributed by atoms with Crippen LogP contribution in [0.3, 0.4) is 0 Å². The smallest absolute Gasteiger partial charge is 0.315 e. The molecule has 5 unspecified atom stereocenters. The Morgan fingerprint density at radius 2 is 2.07 bits per heavy atom. The molecule has 0 aromatic heterocycles. The standard InChI is InChI=1S/C13H18O2/c1-6(2)9-4-8-5-10(9)11-7(3)15-13(14)12(8)11/h6,8-12H,3-5H2,1-2H3. The number of cyclic esters (lactones) is 1. The Morgan fingerprint density at radius 3 is 2.73 bits per heavy atom. The molecule has 3 fully saturated rings. The first-order chi connectivity index (χ1) is 7.09. The highest BCUT2D eigenvalue weighted by Crippen LogP contribution is 2.61. The summed E-state index contributed by atoms with van der Waals surface area (Å²) in [6.45, 7) is 8.50. The van der Waals surface area contributed by atoms with E-state index in [1.807, 2.05) is 0 Å². The van der Waals surface area contributed by atoms with E-state index in [9.17, 15) is 4.79 Å². The number of rotatable bonds is 1. The highest BCUT2D eigenvalue weighted by molar-refractivity contribution is 5.78. The topological polar surface area (TPSA) is 26.3 Å². The van der Waals surface area contributed by atoms with E-state index in [4.69, 9.17) is 4.74 Å². The van der Waals surface area contributed by atoms with Gasteiger partial charge >= 0.3 is 5.97 Å². The maximum absolute atomic E-state index is 11.6. The molecule has 0 aromatic carbocycles. The van der Waals surface area contributed by atoms with Crippen molar-refractivity contribution >= 4 is 5.97 Å². The largest absolute Gasteiger partial charge is 0.431 e. The number of hydrogen-bond acceptors (Lipinski definition) is 2. The van der Waals surface area contributed by atoms with Crippen LogP contribution >= 0.6 is 0 Å². The molecular weight excluding hydrogens is 188 g/mol. The fourth-order valence-electron chi connectivity index (χ4n) is 4.22. The van der Waals surface area contributed by atoms with Crippen molar-refractivity contribution in [1.29, 1.82) is 0 Å². The first-order valence-electron chi connectivity index (χ1n) is 6.00. The van der Waals surface area contributed by atoms with Gasteiger partial charge in [-0.3, -0.25) is 4.79 Å². The molecule has 2 aliphatic carbocycles. The minimum Gasteiger partial charge on any atom is -0.431 e. The summed E-state index contributed by atoms with van der Waals surface area (Å²) in [5.41, 5.74) is 0. The molecule has 2 saturated carbocycles. The SMILES string of the molecule is C=C1OC(=O)C2C3CC(C(C)C)C(C3)C12. The van der Waals surface area contributed by atoms with Crippen LogP contribution in [0, 0.1) is 35.5 Å². The molecule has 2 nitrogen and oxygen atoms in total. The minimum absolute atomic E-state index is 0.000272. The Balaban J connectivity index is 1.92. The summed E-state index contributed by atoms with van der Waals surface area (Å²) in [7, 11) is 0. The third-order valence-corrected chi connectivity index (χ3v) is 4.79. The molecule has 3 rings (SSSR count).